The number of rotatable bonds is 4. The Bertz CT molecular complexity index is 924. The molecule has 0 aliphatic heterocycles. The monoisotopic (exact) mass is 367 g/mol. The van der Waals surface area contributed by atoms with Crippen molar-refractivity contribution in [2.45, 2.75) is 26.5 Å². The number of benzene rings is 1. The number of aliphatic hydroxyl groups excluding tert-OH is 1. The van der Waals surface area contributed by atoms with Gasteiger partial charge in [-0.1, -0.05) is 23.2 Å². The third-order valence-corrected chi connectivity index (χ3v) is 4.25. The van der Waals surface area contributed by atoms with E-state index in [-0.39, 0.29) is 12.1 Å². The highest BCUT2D eigenvalue weighted by molar-refractivity contribution is 6.39. The smallest absolute Gasteiger partial charge is 0.271 e. The van der Waals surface area contributed by atoms with E-state index < -0.39 is 6.10 Å². The van der Waals surface area contributed by atoms with Gasteiger partial charge in [-0.15, -0.1) is 0 Å². The molecule has 0 aliphatic carbocycles. The zero-order valence-electron chi connectivity index (χ0n) is 13.0. The van der Waals surface area contributed by atoms with Crippen molar-refractivity contribution in [1.82, 2.24) is 9.97 Å². The molecular weight excluding hydrogens is 353 g/mol. The van der Waals surface area contributed by atoms with E-state index in [4.69, 9.17) is 27.6 Å². The summed E-state index contributed by atoms with van der Waals surface area (Å²) in [5, 5.41) is 13.6. The van der Waals surface area contributed by atoms with Gasteiger partial charge >= 0.3 is 0 Å². The summed E-state index contributed by atoms with van der Waals surface area (Å²) in [6, 6.07) is 4.89. The molecule has 0 saturated carbocycles. The second-order valence-corrected chi connectivity index (χ2v) is 6.25. The highest BCUT2D eigenvalue weighted by Crippen LogP contribution is 2.30. The molecule has 1 aromatic carbocycles. The Kier molecular flexibility index (Phi) is 4.54. The van der Waals surface area contributed by atoms with Crippen molar-refractivity contribution in [3.05, 3.63) is 55.7 Å². The lowest BCUT2D eigenvalue weighted by atomic mass is 10.1. The Morgan fingerprint density at radius 1 is 1.38 bits per heavy atom. The molecule has 0 radical (unpaired) electrons. The maximum absolute atomic E-state index is 12.0. The van der Waals surface area contributed by atoms with E-state index in [0.717, 1.165) is 0 Å². The van der Waals surface area contributed by atoms with Crippen LogP contribution < -0.4 is 10.9 Å². The maximum atomic E-state index is 12.0. The molecule has 0 spiro atoms. The quantitative estimate of drug-likeness (QED) is 0.652. The number of hydrogen-bond donors (Lipinski definition) is 3. The van der Waals surface area contributed by atoms with Crippen molar-refractivity contribution in [3.8, 4) is 0 Å². The van der Waals surface area contributed by atoms with Crippen LogP contribution in [0.2, 0.25) is 10.0 Å². The molecule has 8 heteroatoms. The first-order chi connectivity index (χ1) is 11.4. The lowest BCUT2D eigenvalue weighted by Crippen LogP contribution is -2.17. The van der Waals surface area contributed by atoms with E-state index in [9.17, 15) is 9.90 Å². The van der Waals surface area contributed by atoms with Gasteiger partial charge in [-0.3, -0.25) is 4.79 Å². The number of nitrogens with zero attached hydrogens (tertiary/aromatic N) is 1. The van der Waals surface area contributed by atoms with Crippen molar-refractivity contribution in [2.24, 2.45) is 0 Å². The minimum absolute atomic E-state index is 0.173. The molecule has 6 nitrogen and oxygen atoms in total. The standard InChI is InChI=1S/C16H15Cl2N3O3/c1-7-9(8(2)22)5-12(16(23)20-7)19-6-13-21-14-10(17)3-4-11(18)15(14)24-13/h3-5,8,19,22H,6H2,1-2H3,(H,20,23)/t8-/m1/s1. The summed E-state index contributed by atoms with van der Waals surface area (Å²) in [5.74, 6) is 0.346. The SMILES string of the molecule is Cc1[nH]c(=O)c(NCc2nc3c(Cl)ccc(Cl)c3o2)cc1[C@@H](C)O. The summed E-state index contributed by atoms with van der Waals surface area (Å²) >= 11 is 12.1. The third-order valence-electron chi connectivity index (χ3n) is 3.65. The van der Waals surface area contributed by atoms with Crippen LogP contribution in [-0.4, -0.2) is 15.1 Å². The number of aromatic amines is 1. The van der Waals surface area contributed by atoms with Crippen molar-refractivity contribution >= 4 is 40.0 Å². The van der Waals surface area contributed by atoms with Crippen molar-refractivity contribution in [2.75, 3.05) is 5.32 Å². The van der Waals surface area contributed by atoms with Gasteiger partial charge in [0.15, 0.2) is 5.58 Å². The van der Waals surface area contributed by atoms with Crippen LogP contribution in [0.1, 0.15) is 30.2 Å². The summed E-state index contributed by atoms with van der Waals surface area (Å²) in [6.07, 6.45) is -0.690. The highest BCUT2D eigenvalue weighted by atomic mass is 35.5. The number of aryl methyl sites for hydroxylation is 1. The Hall–Kier alpha value is -2.02. The van der Waals surface area contributed by atoms with E-state index in [2.05, 4.69) is 15.3 Å². The summed E-state index contributed by atoms with van der Waals surface area (Å²) < 4.78 is 5.59. The zero-order chi connectivity index (χ0) is 17.4. The number of halogens is 2. The number of hydrogen-bond acceptors (Lipinski definition) is 5. The lowest BCUT2D eigenvalue weighted by Gasteiger charge is -2.11. The summed E-state index contributed by atoms with van der Waals surface area (Å²) in [4.78, 5) is 19.0. The van der Waals surface area contributed by atoms with Crippen LogP contribution in [0.3, 0.4) is 0 Å². The fourth-order valence-corrected chi connectivity index (χ4v) is 2.82. The van der Waals surface area contributed by atoms with Gasteiger partial charge in [0, 0.05) is 11.3 Å². The van der Waals surface area contributed by atoms with E-state index in [1.54, 1.807) is 32.0 Å². The Morgan fingerprint density at radius 3 is 2.75 bits per heavy atom. The molecule has 0 saturated heterocycles. The van der Waals surface area contributed by atoms with E-state index >= 15 is 0 Å². The second kappa shape index (κ2) is 6.47. The number of fused-ring (bicyclic) bond motifs is 1. The number of pyridine rings is 1. The number of oxazole rings is 1. The van der Waals surface area contributed by atoms with E-state index in [1.165, 1.54) is 0 Å². The summed E-state index contributed by atoms with van der Waals surface area (Å²) in [6.45, 7) is 3.54. The van der Waals surface area contributed by atoms with Crippen LogP contribution in [0.25, 0.3) is 11.1 Å². The number of aliphatic hydroxyl groups is 1. The molecule has 24 heavy (non-hydrogen) atoms. The molecule has 0 fully saturated rings. The lowest BCUT2D eigenvalue weighted by molar-refractivity contribution is 0.198. The van der Waals surface area contributed by atoms with Crippen LogP contribution in [0.15, 0.2) is 27.4 Å². The zero-order valence-corrected chi connectivity index (χ0v) is 14.5. The van der Waals surface area contributed by atoms with Crippen molar-refractivity contribution in [3.63, 3.8) is 0 Å². The molecule has 0 aliphatic rings. The molecule has 3 N–H and O–H groups in total. The average Bonchev–Trinajstić information content (AvgIpc) is 2.95. The molecule has 2 aromatic heterocycles. The van der Waals surface area contributed by atoms with Gasteiger partial charge < -0.3 is 19.8 Å². The van der Waals surface area contributed by atoms with Gasteiger partial charge in [0.25, 0.3) is 5.56 Å². The first-order valence-corrected chi connectivity index (χ1v) is 8.01. The van der Waals surface area contributed by atoms with E-state index in [1.807, 2.05) is 0 Å². The molecule has 0 amide bonds. The van der Waals surface area contributed by atoms with Crippen LogP contribution in [0.5, 0.6) is 0 Å². The molecule has 0 bridgehead atoms. The average molecular weight is 368 g/mol. The Balaban J connectivity index is 1.89. The maximum Gasteiger partial charge on any atom is 0.271 e. The molecule has 3 rings (SSSR count). The topological polar surface area (TPSA) is 91.2 Å². The molecule has 3 aromatic rings. The van der Waals surface area contributed by atoms with Gasteiger partial charge in [-0.25, -0.2) is 4.98 Å². The van der Waals surface area contributed by atoms with Crippen molar-refractivity contribution < 1.29 is 9.52 Å². The molecule has 126 valence electrons. The fourth-order valence-electron chi connectivity index (χ4n) is 2.44. The third kappa shape index (κ3) is 3.13. The van der Waals surface area contributed by atoms with Gasteiger partial charge in [0.1, 0.15) is 11.2 Å². The molecule has 2 heterocycles. The number of anilines is 1. The Labute approximate surface area is 147 Å². The van der Waals surface area contributed by atoms with Gasteiger partial charge in [0.05, 0.1) is 22.7 Å². The predicted molar refractivity (Wildman–Crippen MR) is 93.8 cm³/mol. The Morgan fingerprint density at radius 2 is 2.08 bits per heavy atom. The number of H-pyrrole nitrogens is 1. The molecule has 0 unspecified atom stereocenters. The highest BCUT2D eigenvalue weighted by Gasteiger charge is 2.14. The van der Waals surface area contributed by atoms with E-state index in [0.29, 0.717) is 44.0 Å². The van der Waals surface area contributed by atoms with Crippen LogP contribution in [0, 0.1) is 6.92 Å². The van der Waals surface area contributed by atoms with Gasteiger partial charge in [0.2, 0.25) is 5.89 Å². The van der Waals surface area contributed by atoms with Crippen molar-refractivity contribution in [1.29, 1.82) is 0 Å². The van der Waals surface area contributed by atoms with Crippen LogP contribution in [0.4, 0.5) is 5.69 Å². The van der Waals surface area contributed by atoms with Gasteiger partial charge in [-0.2, -0.15) is 0 Å². The second-order valence-electron chi connectivity index (χ2n) is 5.44. The largest absolute Gasteiger partial charge is 0.437 e. The van der Waals surface area contributed by atoms with Crippen LogP contribution >= 0.6 is 23.2 Å². The van der Waals surface area contributed by atoms with Crippen LogP contribution in [-0.2, 0) is 6.54 Å². The number of aromatic nitrogens is 2. The predicted octanol–water partition coefficient (Wildman–Crippen LogP) is 3.80. The number of nitrogens with one attached hydrogen (secondary N) is 2. The normalized spacial score (nSPS) is 12.5. The van der Waals surface area contributed by atoms with Gasteiger partial charge in [-0.05, 0) is 32.0 Å². The molecule has 1 atom stereocenters. The minimum atomic E-state index is -0.690. The first-order valence-electron chi connectivity index (χ1n) is 7.26. The summed E-state index contributed by atoms with van der Waals surface area (Å²) in [7, 11) is 0. The first kappa shape index (κ1) is 16.8. The fraction of sp³-hybridized carbons (Fsp3) is 0.250. The summed E-state index contributed by atoms with van der Waals surface area (Å²) in [5.41, 5.74) is 2.17. The minimum Gasteiger partial charge on any atom is -0.437 e. The molecular formula is C16H15Cl2N3O3.